The summed E-state index contributed by atoms with van der Waals surface area (Å²) in [5.74, 6) is 0.772. The molecule has 1 aromatic carbocycles. The van der Waals surface area contributed by atoms with Gasteiger partial charge in [-0.25, -0.2) is 9.97 Å². The van der Waals surface area contributed by atoms with E-state index in [4.69, 9.17) is 0 Å². The number of anilines is 1. The van der Waals surface area contributed by atoms with E-state index in [1.54, 1.807) is 10.8 Å². The van der Waals surface area contributed by atoms with Gasteiger partial charge in [-0.3, -0.25) is 0 Å². The molecule has 7 heteroatoms. The first-order chi connectivity index (χ1) is 13.2. The van der Waals surface area contributed by atoms with Gasteiger partial charge in [0.1, 0.15) is 6.33 Å². The van der Waals surface area contributed by atoms with Crippen molar-refractivity contribution in [2.45, 2.75) is 43.7 Å². The minimum atomic E-state index is -0.468. The molecule has 27 heavy (non-hydrogen) atoms. The third kappa shape index (κ3) is 2.78. The van der Waals surface area contributed by atoms with E-state index in [-0.39, 0.29) is 24.5 Å². The van der Waals surface area contributed by atoms with Crippen LogP contribution in [0.15, 0.2) is 36.8 Å². The van der Waals surface area contributed by atoms with E-state index in [1.165, 1.54) is 11.1 Å². The molecule has 2 aromatic heterocycles. The van der Waals surface area contributed by atoms with Crippen molar-refractivity contribution in [3.63, 3.8) is 0 Å². The van der Waals surface area contributed by atoms with Crippen LogP contribution >= 0.6 is 0 Å². The van der Waals surface area contributed by atoms with Gasteiger partial charge in [0.2, 0.25) is 5.95 Å². The Morgan fingerprint density at radius 2 is 2.04 bits per heavy atom. The summed E-state index contributed by atoms with van der Waals surface area (Å²) in [5, 5.41) is 27.6. The van der Waals surface area contributed by atoms with Crippen LogP contribution in [0.5, 0.6) is 0 Å². The highest BCUT2D eigenvalue weighted by Crippen LogP contribution is 2.40. The van der Waals surface area contributed by atoms with Crippen molar-refractivity contribution in [2.75, 3.05) is 11.9 Å². The van der Waals surface area contributed by atoms with Crippen LogP contribution in [0.25, 0.3) is 5.65 Å². The lowest BCUT2D eigenvalue weighted by Crippen LogP contribution is -2.16. The monoisotopic (exact) mass is 365 g/mol. The van der Waals surface area contributed by atoms with Crippen LogP contribution in [-0.2, 0) is 6.42 Å². The number of hydrogen-bond acceptors (Lipinski definition) is 6. The zero-order chi connectivity index (χ0) is 18.4. The Balaban J connectivity index is 1.45. The first kappa shape index (κ1) is 16.6. The molecule has 0 unspecified atom stereocenters. The number of aromatic nitrogens is 4. The standard InChI is InChI=1S/C20H23N5O2/c26-10-14-7-13(8-18(14)27)16-9-23-25-19(16)21-11-22-20(25)24-17-6-5-12-3-1-2-4-15(12)17/h1-4,9,11,13-14,17-18,26-27H,5-8,10H2,(H,21,22,24)/t13-,14-,17+,18+/m1/s1. The average Bonchev–Trinajstić information content (AvgIpc) is 3.39. The molecule has 1 fully saturated rings. The smallest absolute Gasteiger partial charge is 0.227 e. The second kappa shape index (κ2) is 6.58. The Labute approximate surface area is 157 Å². The van der Waals surface area contributed by atoms with Crippen molar-refractivity contribution in [1.29, 1.82) is 0 Å². The molecular weight excluding hydrogens is 342 g/mol. The summed E-state index contributed by atoms with van der Waals surface area (Å²) in [5.41, 5.74) is 4.50. The van der Waals surface area contributed by atoms with Gasteiger partial charge in [-0.2, -0.15) is 9.61 Å². The number of aliphatic hydroxyl groups excluding tert-OH is 2. The molecular formula is C20H23N5O2. The van der Waals surface area contributed by atoms with Gasteiger partial charge >= 0.3 is 0 Å². The molecule has 0 bridgehead atoms. The maximum atomic E-state index is 10.1. The van der Waals surface area contributed by atoms with Crippen LogP contribution in [0.3, 0.4) is 0 Å². The first-order valence-electron chi connectivity index (χ1n) is 9.56. The predicted octanol–water partition coefficient (Wildman–Crippen LogP) is 2.07. The largest absolute Gasteiger partial charge is 0.396 e. The molecule has 0 amide bonds. The third-order valence-corrected chi connectivity index (χ3v) is 6.10. The van der Waals surface area contributed by atoms with Gasteiger partial charge in [-0.1, -0.05) is 24.3 Å². The molecule has 4 atom stereocenters. The van der Waals surface area contributed by atoms with E-state index in [0.29, 0.717) is 12.4 Å². The predicted molar refractivity (Wildman–Crippen MR) is 100 cm³/mol. The average molecular weight is 365 g/mol. The summed E-state index contributed by atoms with van der Waals surface area (Å²) in [6.45, 7) is 0.0136. The summed E-state index contributed by atoms with van der Waals surface area (Å²) in [4.78, 5) is 8.86. The lowest BCUT2D eigenvalue weighted by molar-refractivity contribution is 0.0908. The molecule has 3 N–H and O–H groups in total. The molecule has 1 saturated carbocycles. The number of hydrogen-bond donors (Lipinski definition) is 3. The molecule has 2 heterocycles. The fraction of sp³-hybridized carbons (Fsp3) is 0.450. The third-order valence-electron chi connectivity index (χ3n) is 6.10. The van der Waals surface area contributed by atoms with Crippen molar-refractivity contribution in [3.05, 3.63) is 53.5 Å². The number of rotatable bonds is 4. The van der Waals surface area contributed by atoms with E-state index >= 15 is 0 Å². The van der Waals surface area contributed by atoms with Gasteiger partial charge in [0.05, 0.1) is 18.3 Å². The number of benzene rings is 1. The van der Waals surface area contributed by atoms with Crippen molar-refractivity contribution < 1.29 is 10.2 Å². The minimum Gasteiger partial charge on any atom is -0.396 e. The quantitative estimate of drug-likeness (QED) is 0.655. The number of aryl methyl sites for hydroxylation is 1. The molecule has 3 aromatic rings. The van der Waals surface area contributed by atoms with E-state index in [1.807, 2.05) is 6.20 Å². The molecule has 7 nitrogen and oxygen atoms in total. The van der Waals surface area contributed by atoms with Gasteiger partial charge in [0, 0.05) is 18.1 Å². The van der Waals surface area contributed by atoms with Crippen molar-refractivity contribution in [2.24, 2.45) is 5.92 Å². The van der Waals surface area contributed by atoms with Gasteiger partial charge in [0.25, 0.3) is 0 Å². The van der Waals surface area contributed by atoms with Gasteiger partial charge in [-0.05, 0) is 42.7 Å². The minimum absolute atomic E-state index is 0.0136. The lowest BCUT2D eigenvalue weighted by Gasteiger charge is -2.15. The maximum absolute atomic E-state index is 10.1. The number of nitrogens with zero attached hydrogens (tertiary/aromatic N) is 4. The summed E-state index contributed by atoms with van der Waals surface area (Å²) >= 11 is 0. The Morgan fingerprint density at radius 3 is 2.89 bits per heavy atom. The van der Waals surface area contributed by atoms with Crippen molar-refractivity contribution >= 4 is 11.6 Å². The Bertz CT molecular complexity index is 972. The zero-order valence-corrected chi connectivity index (χ0v) is 15.0. The number of aliphatic hydroxyl groups is 2. The Kier molecular flexibility index (Phi) is 4.06. The maximum Gasteiger partial charge on any atom is 0.227 e. The lowest BCUT2D eigenvalue weighted by atomic mass is 9.99. The van der Waals surface area contributed by atoms with Gasteiger partial charge < -0.3 is 15.5 Å². The molecule has 0 aliphatic heterocycles. The summed E-state index contributed by atoms with van der Waals surface area (Å²) < 4.78 is 1.76. The van der Waals surface area contributed by atoms with Crippen LogP contribution in [0.1, 0.15) is 47.9 Å². The van der Waals surface area contributed by atoms with Crippen molar-refractivity contribution in [3.8, 4) is 0 Å². The summed E-state index contributed by atoms with van der Waals surface area (Å²) in [7, 11) is 0. The number of fused-ring (bicyclic) bond motifs is 2. The van der Waals surface area contributed by atoms with Crippen LogP contribution in [0.2, 0.25) is 0 Å². The SMILES string of the molecule is OC[C@H]1C[C@@H](c2cnn3c(N[C@H]4CCc5ccccc54)ncnc23)C[C@@H]1O. The Morgan fingerprint density at radius 1 is 1.15 bits per heavy atom. The zero-order valence-electron chi connectivity index (χ0n) is 15.0. The molecule has 0 saturated heterocycles. The van der Waals surface area contributed by atoms with Crippen LogP contribution in [0, 0.1) is 5.92 Å². The highest BCUT2D eigenvalue weighted by Gasteiger charge is 2.35. The molecule has 2 aliphatic carbocycles. The number of nitrogens with one attached hydrogen (secondary N) is 1. The van der Waals surface area contributed by atoms with Gasteiger partial charge in [-0.15, -0.1) is 0 Å². The normalized spacial score (nSPS) is 27.2. The second-order valence-corrected chi connectivity index (χ2v) is 7.65. The Hall–Kier alpha value is -2.51. The van der Waals surface area contributed by atoms with E-state index in [0.717, 1.165) is 30.5 Å². The van der Waals surface area contributed by atoms with E-state index in [9.17, 15) is 10.2 Å². The molecule has 0 spiro atoms. The molecule has 0 radical (unpaired) electrons. The van der Waals surface area contributed by atoms with Crippen LogP contribution < -0.4 is 5.32 Å². The van der Waals surface area contributed by atoms with Gasteiger partial charge in [0.15, 0.2) is 5.65 Å². The fourth-order valence-electron chi connectivity index (χ4n) is 4.63. The van der Waals surface area contributed by atoms with Crippen LogP contribution in [-0.4, -0.2) is 42.5 Å². The highest BCUT2D eigenvalue weighted by atomic mass is 16.3. The highest BCUT2D eigenvalue weighted by molar-refractivity contribution is 5.53. The van der Waals surface area contributed by atoms with Crippen molar-refractivity contribution in [1.82, 2.24) is 19.6 Å². The fourth-order valence-corrected chi connectivity index (χ4v) is 4.63. The summed E-state index contributed by atoms with van der Waals surface area (Å²) in [6, 6.07) is 8.73. The van der Waals surface area contributed by atoms with E-state index < -0.39 is 6.10 Å². The molecule has 140 valence electrons. The second-order valence-electron chi connectivity index (χ2n) is 7.65. The van der Waals surface area contributed by atoms with E-state index in [2.05, 4.69) is 44.6 Å². The molecule has 2 aliphatic rings. The van der Waals surface area contributed by atoms with Crippen LogP contribution in [0.4, 0.5) is 5.95 Å². The topological polar surface area (TPSA) is 95.6 Å². The summed E-state index contributed by atoms with van der Waals surface area (Å²) in [6.07, 6.45) is 6.41. The first-order valence-corrected chi connectivity index (χ1v) is 9.56. The molecule has 5 rings (SSSR count).